The van der Waals surface area contributed by atoms with Gasteiger partial charge in [-0.25, -0.2) is 0 Å². The van der Waals surface area contributed by atoms with Crippen LogP contribution in [0.3, 0.4) is 0 Å². The number of fused-ring (bicyclic) bond motifs is 6. The first-order valence-electron chi connectivity index (χ1n) is 17.0. The summed E-state index contributed by atoms with van der Waals surface area (Å²) in [6.07, 6.45) is 1.84. The summed E-state index contributed by atoms with van der Waals surface area (Å²) in [5.41, 5.74) is 13.5. The van der Waals surface area contributed by atoms with Crippen LogP contribution in [0.15, 0.2) is 182 Å². The molecule has 51 heavy (non-hydrogen) atoms. The molecule has 0 saturated carbocycles. The Labute approximate surface area is 309 Å². The number of aromatic nitrogens is 3. The molecule has 0 aliphatic carbocycles. The minimum atomic E-state index is 0. The average molecular weight is 829 g/mol. The molecule has 0 saturated heterocycles. The van der Waals surface area contributed by atoms with Gasteiger partial charge >= 0.3 is 0 Å². The summed E-state index contributed by atoms with van der Waals surface area (Å²) in [7, 11) is 0. The maximum Gasteiger partial charge on any atom is 0.0562 e. The third kappa shape index (κ3) is 5.11. The molecule has 0 bridgehead atoms. The first-order valence-corrected chi connectivity index (χ1v) is 17.0. The largest absolute Gasteiger partial charge is 0.309 e. The molecule has 4 heteroatoms. The van der Waals surface area contributed by atoms with E-state index in [1.165, 1.54) is 43.6 Å². The van der Waals surface area contributed by atoms with Crippen LogP contribution in [0.4, 0.5) is 0 Å². The van der Waals surface area contributed by atoms with Crippen molar-refractivity contribution < 1.29 is 20.1 Å². The molecule has 0 spiro atoms. The van der Waals surface area contributed by atoms with E-state index in [1.54, 1.807) is 0 Å². The SMILES string of the molecule is [Ir].[c-]1cc(-c2ccccc2)c(-c2ccc3c(c2)c2cc4c5ccccc5n(-c5ccccc5)c4cc2n3-c2ccccc2)cc1-c1ccccn1. The number of benzene rings is 7. The van der Waals surface area contributed by atoms with Gasteiger partial charge in [0.15, 0.2) is 0 Å². The zero-order valence-corrected chi connectivity index (χ0v) is 29.9. The number of hydrogen-bond donors (Lipinski definition) is 0. The maximum absolute atomic E-state index is 4.66. The summed E-state index contributed by atoms with van der Waals surface area (Å²) in [5.74, 6) is 0. The van der Waals surface area contributed by atoms with Crippen LogP contribution in [0.5, 0.6) is 0 Å². The van der Waals surface area contributed by atoms with Gasteiger partial charge in [-0.3, -0.25) is 0 Å². The van der Waals surface area contributed by atoms with Crippen molar-refractivity contribution >= 4 is 43.6 Å². The Morgan fingerprint density at radius 2 is 1.00 bits per heavy atom. The molecular weight excluding hydrogens is 799 g/mol. The second-order valence-electron chi connectivity index (χ2n) is 12.7. The normalized spacial score (nSPS) is 11.4. The first-order chi connectivity index (χ1) is 24.8. The molecule has 0 N–H and O–H groups in total. The summed E-state index contributed by atoms with van der Waals surface area (Å²) in [6.45, 7) is 0. The fourth-order valence-electron chi connectivity index (χ4n) is 7.62. The summed E-state index contributed by atoms with van der Waals surface area (Å²) >= 11 is 0. The van der Waals surface area contributed by atoms with Crippen LogP contribution < -0.4 is 0 Å². The van der Waals surface area contributed by atoms with Crippen LogP contribution in [0.1, 0.15) is 0 Å². The Kier molecular flexibility index (Phi) is 7.70. The Balaban J connectivity index is 0.00000348. The monoisotopic (exact) mass is 829 g/mol. The van der Waals surface area contributed by atoms with Gasteiger partial charge in [0.1, 0.15) is 0 Å². The van der Waals surface area contributed by atoms with Crippen molar-refractivity contribution in [1.29, 1.82) is 0 Å². The molecule has 243 valence electrons. The quantitative estimate of drug-likeness (QED) is 0.159. The van der Waals surface area contributed by atoms with Gasteiger partial charge in [-0.2, -0.15) is 0 Å². The molecule has 1 radical (unpaired) electrons. The first kappa shape index (κ1) is 31.0. The second kappa shape index (κ2) is 12.7. The van der Waals surface area contributed by atoms with Gasteiger partial charge in [0.2, 0.25) is 0 Å². The number of rotatable bonds is 5. The van der Waals surface area contributed by atoms with Crippen molar-refractivity contribution in [3.63, 3.8) is 0 Å². The van der Waals surface area contributed by atoms with E-state index in [0.29, 0.717) is 0 Å². The Morgan fingerprint density at radius 1 is 0.412 bits per heavy atom. The van der Waals surface area contributed by atoms with Crippen molar-refractivity contribution in [1.82, 2.24) is 14.1 Å². The van der Waals surface area contributed by atoms with Gasteiger partial charge in [-0.1, -0.05) is 120 Å². The number of pyridine rings is 1. The van der Waals surface area contributed by atoms with Crippen LogP contribution >= 0.6 is 0 Å². The van der Waals surface area contributed by atoms with E-state index >= 15 is 0 Å². The van der Waals surface area contributed by atoms with E-state index in [0.717, 1.165) is 44.9 Å². The van der Waals surface area contributed by atoms with E-state index in [2.05, 4.69) is 178 Å². The summed E-state index contributed by atoms with van der Waals surface area (Å²) in [4.78, 5) is 4.66. The van der Waals surface area contributed by atoms with Crippen molar-refractivity contribution in [3.05, 3.63) is 188 Å². The van der Waals surface area contributed by atoms with E-state index in [1.807, 2.05) is 24.4 Å². The Bertz CT molecular complexity index is 2840. The van der Waals surface area contributed by atoms with Gasteiger partial charge in [0, 0.05) is 59.2 Å². The van der Waals surface area contributed by atoms with Gasteiger partial charge in [0.05, 0.1) is 22.1 Å². The maximum atomic E-state index is 4.66. The zero-order valence-electron chi connectivity index (χ0n) is 27.5. The Hall–Kier alpha value is -6.06. The van der Waals surface area contributed by atoms with Gasteiger partial charge in [-0.15, -0.1) is 23.8 Å². The van der Waals surface area contributed by atoms with Gasteiger partial charge < -0.3 is 14.1 Å². The minimum absolute atomic E-state index is 0. The van der Waals surface area contributed by atoms with Crippen molar-refractivity contribution in [3.8, 4) is 44.9 Å². The summed E-state index contributed by atoms with van der Waals surface area (Å²) in [6, 6.07) is 66.4. The predicted octanol–water partition coefficient (Wildman–Crippen LogP) is 12.1. The van der Waals surface area contributed by atoms with Crippen molar-refractivity contribution in [2.24, 2.45) is 0 Å². The average Bonchev–Trinajstić information content (AvgIpc) is 3.69. The molecule has 7 aromatic carbocycles. The van der Waals surface area contributed by atoms with E-state index in [-0.39, 0.29) is 20.1 Å². The van der Waals surface area contributed by atoms with Gasteiger partial charge in [-0.05, 0) is 71.9 Å². The topological polar surface area (TPSA) is 22.8 Å². The molecule has 0 amide bonds. The molecule has 3 aromatic heterocycles. The Morgan fingerprint density at radius 3 is 1.69 bits per heavy atom. The van der Waals surface area contributed by atoms with E-state index in [4.69, 9.17) is 0 Å². The molecule has 0 fully saturated rings. The van der Waals surface area contributed by atoms with Crippen molar-refractivity contribution in [2.45, 2.75) is 0 Å². The second-order valence-corrected chi connectivity index (χ2v) is 12.7. The van der Waals surface area contributed by atoms with E-state index in [9.17, 15) is 0 Å². The smallest absolute Gasteiger partial charge is 0.0562 e. The standard InChI is InChI=1S/C47H30N3.Ir/c1-4-14-32(15-5-1)37-25-23-34(43-21-12-13-27-48-43)29-39(37)33-24-26-45-40(28-33)42-30-41-38-20-10-11-22-44(38)49(35-16-6-2-7-17-35)46(41)31-47(42)50(45)36-18-8-3-9-19-36;/h1-22,24-31H;/q-1;. The van der Waals surface area contributed by atoms with Gasteiger partial charge in [0.25, 0.3) is 0 Å². The minimum Gasteiger partial charge on any atom is -0.309 e. The van der Waals surface area contributed by atoms with Crippen LogP contribution in [0, 0.1) is 6.07 Å². The molecule has 0 unspecified atom stereocenters. The fourth-order valence-corrected chi connectivity index (χ4v) is 7.62. The van der Waals surface area contributed by atoms with Crippen LogP contribution in [0.25, 0.3) is 88.5 Å². The molecule has 3 heterocycles. The summed E-state index contributed by atoms with van der Waals surface area (Å²) in [5, 5.41) is 4.93. The summed E-state index contributed by atoms with van der Waals surface area (Å²) < 4.78 is 4.81. The predicted molar refractivity (Wildman–Crippen MR) is 208 cm³/mol. The zero-order chi connectivity index (χ0) is 33.0. The molecule has 10 aromatic rings. The third-order valence-corrected chi connectivity index (χ3v) is 9.87. The van der Waals surface area contributed by atoms with Crippen LogP contribution in [0.2, 0.25) is 0 Å². The molecule has 10 rings (SSSR count). The van der Waals surface area contributed by atoms with E-state index < -0.39 is 0 Å². The molecular formula is C47H30IrN3-. The van der Waals surface area contributed by atoms with Crippen LogP contribution in [-0.2, 0) is 20.1 Å². The molecule has 0 atom stereocenters. The number of hydrogen-bond acceptors (Lipinski definition) is 1. The number of para-hydroxylation sites is 3. The number of nitrogens with zero attached hydrogens (tertiary/aromatic N) is 3. The molecule has 0 aliphatic heterocycles. The fraction of sp³-hybridized carbons (Fsp3) is 0. The molecule has 0 aliphatic rings. The third-order valence-electron chi connectivity index (χ3n) is 9.87. The van der Waals surface area contributed by atoms with Crippen molar-refractivity contribution in [2.75, 3.05) is 0 Å². The van der Waals surface area contributed by atoms with Crippen LogP contribution in [-0.4, -0.2) is 14.1 Å². The molecule has 3 nitrogen and oxygen atoms in total.